The van der Waals surface area contributed by atoms with Gasteiger partial charge in [0.05, 0.1) is 39.7 Å². The van der Waals surface area contributed by atoms with E-state index in [9.17, 15) is 20.1 Å². The van der Waals surface area contributed by atoms with E-state index in [0.29, 0.717) is 59.2 Å². The number of Topliss-reactive ketones (excluding diaryl/α,β-unsaturated/α-hetero) is 1. The number of halogens is 2. The number of carbonyl (C=O) groups is 1. The first-order valence-corrected chi connectivity index (χ1v) is 25.3. The summed E-state index contributed by atoms with van der Waals surface area (Å²) in [4.78, 5) is 22.7. The molecule has 0 aliphatic heterocycles. The minimum absolute atomic E-state index is 0.00702. The molecule has 12 heteroatoms. The first-order valence-electron chi connectivity index (χ1n) is 24.6. The second kappa shape index (κ2) is 24.9. The van der Waals surface area contributed by atoms with E-state index in [2.05, 4.69) is 112 Å². The van der Waals surface area contributed by atoms with Gasteiger partial charge in [-0.25, -0.2) is 9.97 Å². The van der Waals surface area contributed by atoms with Crippen LogP contribution in [0.15, 0.2) is 97.3 Å². The number of benzene rings is 4. The number of aromatic nitrogens is 4. The SMILES string of the molecule is CC(C)Oc1ccc(C(=O)C[C@H](CCO)Cc2ccc(-c3cn(C)c(C(C)(C)C)n3)cc2)cc1Cl.CC(C)Oc1ccc(C(O)C[C@H](CCO)Cc2ccc(-c3cn(C)c(C(C)(C)C)n3)cc2)cc1Cl. The van der Waals surface area contributed by atoms with E-state index in [-0.39, 0.29) is 53.9 Å². The van der Waals surface area contributed by atoms with Crippen molar-refractivity contribution in [2.45, 2.75) is 137 Å². The van der Waals surface area contributed by atoms with Gasteiger partial charge < -0.3 is 33.9 Å². The molecular weight excluding hydrogens is 920 g/mol. The molecule has 2 aromatic heterocycles. The van der Waals surface area contributed by atoms with E-state index < -0.39 is 6.10 Å². The highest BCUT2D eigenvalue weighted by molar-refractivity contribution is 6.32. The summed E-state index contributed by atoms with van der Waals surface area (Å²) < 4.78 is 15.5. The summed E-state index contributed by atoms with van der Waals surface area (Å²) in [5.41, 5.74) is 7.64. The van der Waals surface area contributed by atoms with Gasteiger partial charge in [-0.3, -0.25) is 4.79 Å². The summed E-state index contributed by atoms with van der Waals surface area (Å²) in [5.74, 6) is 3.47. The van der Waals surface area contributed by atoms with Gasteiger partial charge in [-0.2, -0.15) is 0 Å². The third-order valence-corrected chi connectivity index (χ3v) is 12.7. The molecule has 0 fully saturated rings. The lowest BCUT2D eigenvalue weighted by Gasteiger charge is -2.21. The number of nitrogens with zero attached hydrogens (tertiary/aromatic N) is 4. The quantitative estimate of drug-likeness (QED) is 0.0645. The van der Waals surface area contributed by atoms with Gasteiger partial charge in [0.2, 0.25) is 0 Å². The predicted molar refractivity (Wildman–Crippen MR) is 285 cm³/mol. The lowest BCUT2D eigenvalue weighted by atomic mass is 9.88. The van der Waals surface area contributed by atoms with Crippen LogP contribution in [0.25, 0.3) is 22.5 Å². The number of ketones is 1. The van der Waals surface area contributed by atoms with Crippen LogP contribution in [0.4, 0.5) is 0 Å². The van der Waals surface area contributed by atoms with Gasteiger partial charge in [0.25, 0.3) is 0 Å². The predicted octanol–water partition coefficient (Wildman–Crippen LogP) is 13.1. The Morgan fingerprint density at radius 2 is 1.06 bits per heavy atom. The molecule has 0 bridgehead atoms. The molecule has 0 aliphatic rings. The fourth-order valence-corrected chi connectivity index (χ4v) is 9.23. The maximum atomic E-state index is 13.0. The number of imidazole rings is 2. The summed E-state index contributed by atoms with van der Waals surface area (Å²) in [6, 6.07) is 27.4. The largest absolute Gasteiger partial charge is 0.489 e. The minimum atomic E-state index is -0.666. The smallest absolute Gasteiger partial charge is 0.163 e. The summed E-state index contributed by atoms with van der Waals surface area (Å²) in [5, 5.41) is 31.0. The van der Waals surface area contributed by atoms with Crippen LogP contribution in [0.3, 0.4) is 0 Å². The van der Waals surface area contributed by atoms with Crippen molar-refractivity contribution in [1.29, 1.82) is 0 Å². The molecule has 0 radical (unpaired) electrons. The average Bonchev–Trinajstić information content (AvgIpc) is 3.89. The molecule has 0 saturated heterocycles. The van der Waals surface area contributed by atoms with Gasteiger partial charge in [0.1, 0.15) is 23.1 Å². The number of aliphatic hydroxyl groups is 3. The second-order valence-corrected chi connectivity index (χ2v) is 22.0. The van der Waals surface area contributed by atoms with E-state index >= 15 is 0 Å². The molecule has 3 N–H and O–H groups in total. The molecular formula is C58H76Cl2N4O6. The van der Waals surface area contributed by atoms with Crippen LogP contribution in [0.1, 0.15) is 140 Å². The molecule has 0 aliphatic carbocycles. The first-order chi connectivity index (χ1) is 32.9. The molecule has 2 heterocycles. The number of hydrogen-bond donors (Lipinski definition) is 3. The summed E-state index contributed by atoms with van der Waals surface area (Å²) in [6.45, 7) is 20.9. The van der Waals surface area contributed by atoms with Crippen LogP contribution in [0, 0.1) is 11.8 Å². The fraction of sp³-hybridized carbons (Fsp3) is 0.466. The van der Waals surface area contributed by atoms with Crippen molar-refractivity contribution in [3.05, 3.63) is 141 Å². The summed E-state index contributed by atoms with van der Waals surface area (Å²) >= 11 is 12.7. The number of carbonyl (C=O) groups excluding carboxylic acids is 1. The molecule has 4 aromatic carbocycles. The van der Waals surface area contributed by atoms with Gasteiger partial charge >= 0.3 is 0 Å². The van der Waals surface area contributed by atoms with Crippen LogP contribution in [-0.4, -0.2) is 65.6 Å². The minimum Gasteiger partial charge on any atom is -0.489 e. The lowest BCUT2D eigenvalue weighted by molar-refractivity contribution is 0.0953. The highest BCUT2D eigenvalue weighted by Gasteiger charge is 2.24. The Morgan fingerprint density at radius 1 is 0.629 bits per heavy atom. The van der Waals surface area contributed by atoms with Crippen molar-refractivity contribution < 1.29 is 29.6 Å². The van der Waals surface area contributed by atoms with E-state index in [0.717, 1.165) is 51.7 Å². The second-order valence-electron chi connectivity index (χ2n) is 21.2. The Labute approximate surface area is 427 Å². The Kier molecular flexibility index (Phi) is 19.9. The number of aryl methyl sites for hydroxylation is 2. The van der Waals surface area contributed by atoms with Gasteiger partial charge in [-0.15, -0.1) is 0 Å². The highest BCUT2D eigenvalue weighted by atomic mass is 35.5. The van der Waals surface area contributed by atoms with Crippen molar-refractivity contribution >= 4 is 29.0 Å². The van der Waals surface area contributed by atoms with Gasteiger partial charge in [-0.05, 0) is 119 Å². The maximum absolute atomic E-state index is 13.0. The third-order valence-electron chi connectivity index (χ3n) is 12.1. The first kappa shape index (κ1) is 56.0. The summed E-state index contributed by atoms with van der Waals surface area (Å²) in [6.07, 6.45) is 7.06. The molecule has 378 valence electrons. The Hall–Kier alpha value is -4.97. The molecule has 0 amide bonds. The number of ether oxygens (including phenoxy) is 2. The number of hydrogen-bond acceptors (Lipinski definition) is 8. The van der Waals surface area contributed by atoms with E-state index in [1.807, 2.05) is 53.9 Å². The van der Waals surface area contributed by atoms with Crippen LogP contribution in [0.2, 0.25) is 10.0 Å². The zero-order chi connectivity index (χ0) is 51.5. The van der Waals surface area contributed by atoms with Crippen LogP contribution >= 0.6 is 23.2 Å². The molecule has 1 unspecified atom stereocenters. The Balaban J connectivity index is 0.000000261. The molecule has 6 aromatic rings. The zero-order valence-electron chi connectivity index (χ0n) is 43.4. The van der Waals surface area contributed by atoms with Crippen molar-refractivity contribution in [1.82, 2.24) is 19.1 Å². The standard InChI is InChI=1S/C29H39ClN2O3.C29H37ClN2O3/c2*1-19(2)35-27-12-11-23(17-24(27)30)26(34)16-21(13-14-33)15-20-7-9-22(10-8-20)25-18-32(6)28(31-25)29(3,4)5/h7-12,17-19,21,26,33-34H,13-16H2,1-6H3;7-12,17-19,21,33H,13-16H2,1-6H3/t21-,26?;21-/m11/s1. The van der Waals surface area contributed by atoms with E-state index in [1.54, 1.807) is 24.3 Å². The summed E-state index contributed by atoms with van der Waals surface area (Å²) in [7, 11) is 4.06. The van der Waals surface area contributed by atoms with Gasteiger partial charge in [0.15, 0.2) is 5.78 Å². The van der Waals surface area contributed by atoms with Crippen molar-refractivity contribution in [3.8, 4) is 34.0 Å². The molecule has 3 atom stereocenters. The zero-order valence-corrected chi connectivity index (χ0v) is 44.9. The number of aliphatic hydroxyl groups excluding tert-OH is 3. The van der Waals surface area contributed by atoms with E-state index in [1.165, 1.54) is 5.56 Å². The third kappa shape index (κ3) is 16.0. The Bertz CT molecular complexity index is 2600. The topological polar surface area (TPSA) is 132 Å². The van der Waals surface area contributed by atoms with Crippen molar-refractivity contribution in [3.63, 3.8) is 0 Å². The van der Waals surface area contributed by atoms with Crippen molar-refractivity contribution in [2.75, 3.05) is 13.2 Å². The van der Waals surface area contributed by atoms with Crippen LogP contribution in [0.5, 0.6) is 11.5 Å². The Morgan fingerprint density at radius 3 is 1.46 bits per heavy atom. The van der Waals surface area contributed by atoms with Crippen LogP contribution in [-0.2, 0) is 37.8 Å². The molecule has 0 saturated carbocycles. The van der Waals surface area contributed by atoms with Crippen LogP contribution < -0.4 is 9.47 Å². The van der Waals surface area contributed by atoms with Gasteiger partial charge in [0, 0.05) is 73.6 Å². The van der Waals surface area contributed by atoms with Gasteiger partial charge in [-0.1, -0.05) is 119 Å². The lowest BCUT2D eigenvalue weighted by Crippen LogP contribution is -2.17. The molecule has 70 heavy (non-hydrogen) atoms. The highest BCUT2D eigenvalue weighted by Crippen LogP contribution is 2.34. The number of rotatable bonds is 20. The average molecular weight is 996 g/mol. The molecule has 0 spiro atoms. The molecule has 6 rings (SSSR count). The fourth-order valence-electron chi connectivity index (χ4n) is 8.77. The maximum Gasteiger partial charge on any atom is 0.163 e. The van der Waals surface area contributed by atoms with Crippen molar-refractivity contribution in [2.24, 2.45) is 25.9 Å². The molecule has 10 nitrogen and oxygen atoms in total. The monoisotopic (exact) mass is 995 g/mol. The normalized spacial score (nSPS) is 13.2. The van der Waals surface area contributed by atoms with E-state index in [4.69, 9.17) is 42.6 Å².